The van der Waals surface area contributed by atoms with Crippen LogP contribution in [0.25, 0.3) is 0 Å². The molecule has 0 radical (unpaired) electrons. The van der Waals surface area contributed by atoms with Crippen molar-refractivity contribution in [2.45, 2.75) is 6.04 Å². The van der Waals surface area contributed by atoms with Gasteiger partial charge in [-0.05, 0) is 17.7 Å². The molecular formula is C9H12N4. The van der Waals surface area contributed by atoms with Crippen molar-refractivity contribution >= 4 is 5.69 Å². The highest BCUT2D eigenvalue weighted by atomic mass is 14.7. The highest BCUT2D eigenvalue weighted by Crippen LogP contribution is 2.16. The predicted molar refractivity (Wildman–Crippen MR) is 51.6 cm³/mol. The fraction of sp³-hybridized carbons (Fsp3) is 0.222. The van der Waals surface area contributed by atoms with Crippen LogP contribution in [0.2, 0.25) is 0 Å². The Labute approximate surface area is 76.9 Å². The van der Waals surface area contributed by atoms with Gasteiger partial charge in [-0.3, -0.25) is 0 Å². The van der Waals surface area contributed by atoms with Crippen molar-refractivity contribution in [3.05, 3.63) is 29.3 Å². The fourth-order valence-electron chi connectivity index (χ4n) is 1.04. The van der Waals surface area contributed by atoms with Crippen LogP contribution in [0.4, 0.5) is 5.69 Å². The summed E-state index contributed by atoms with van der Waals surface area (Å²) in [6, 6.07) is 6.89. The summed E-state index contributed by atoms with van der Waals surface area (Å²) in [5.74, 6) is 0. The Hall–Kier alpha value is -1.57. The molecule has 1 rings (SSSR count). The fourth-order valence-corrected chi connectivity index (χ4v) is 1.04. The van der Waals surface area contributed by atoms with Gasteiger partial charge in [0.05, 0.1) is 5.56 Å². The van der Waals surface area contributed by atoms with E-state index in [1.807, 2.05) is 6.07 Å². The molecule has 0 heterocycles. The number of nitrogens with two attached hydrogens (primary N) is 3. The number of benzene rings is 1. The van der Waals surface area contributed by atoms with Crippen molar-refractivity contribution in [3.8, 4) is 6.07 Å². The van der Waals surface area contributed by atoms with Crippen molar-refractivity contribution < 1.29 is 0 Å². The van der Waals surface area contributed by atoms with Crippen LogP contribution in [0.5, 0.6) is 0 Å². The van der Waals surface area contributed by atoms with Gasteiger partial charge in [0, 0.05) is 18.3 Å². The smallest absolute Gasteiger partial charge is 0.101 e. The van der Waals surface area contributed by atoms with Crippen molar-refractivity contribution in [1.29, 1.82) is 5.26 Å². The monoisotopic (exact) mass is 176 g/mol. The topological polar surface area (TPSA) is 102 Å². The lowest BCUT2D eigenvalue weighted by Gasteiger charge is -2.09. The third kappa shape index (κ3) is 1.96. The Balaban J connectivity index is 3.08. The Bertz CT molecular complexity index is 340. The van der Waals surface area contributed by atoms with Gasteiger partial charge >= 0.3 is 0 Å². The Morgan fingerprint density at radius 1 is 1.46 bits per heavy atom. The van der Waals surface area contributed by atoms with Crippen molar-refractivity contribution in [3.63, 3.8) is 0 Å². The Morgan fingerprint density at radius 3 is 2.69 bits per heavy atom. The molecule has 0 aliphatic carbocycles. The first kappa shape index (κ1) is 9.52. The zero-order valence-corrected chi connectivity index (χ0v) is 7.20. The molecule has 1 aromatic rings. The molecule has 1 aromatic carbocycles. The molecule has 4 heteroatoms. The molecule has 0 saturated heterocycles. The van der Waals surface area contributed by atoms with Crippen molar-refractivity contribution in [1.82, 2.24) is 0 Å². The lowest BCUT2D eigenvalue weighted by Crippen LogP contribution is -2.20. The largest absolute Gasteiger partial charge is 0.398 e. The van der Waals surface area contributed by atoms with E-state index in [0.717, 1.165) is 5.56 Å². The van der Waals surface area contributed by atoms with E-state index in [2.05, 4.69) is 0 Å². The summed E-state index contributed by atoms with van der Waals surface area (Å²) >= 11 is 0. The minimum absolute atomic E-state index is 0.229. The van der Waals surface area contributed by atoms with Gasteiger partial charge in [0.25, 0.3) is 0 Å². The summed E-state index contributed by atoms with van der Waals surface area (Å²) < 4.78 is 0. The highest BCUT2D eigenvalue weighted by molar-refractivity contribution is 5.55. The van der Waals surface area contributed by atoms with Gasteiger partial charge < -0.3 is 17.2 Å². The van der Waals surface area contributed by atoms with Gasteiger partial charge in [-0.1, -0.05) is 6.07 Å². The molecule has 0 bridgehead atoms. The van der Waals surface area contributed by atoms with Gasteiger partial charge in [0.2, 0.25) is 0 Å². The van der Waals surface area contributed by atoms with E-state index in [-0.39, 0.29) is 6.04 Å². The minimum atomic E-state index is -0.229. The first-order valence-electron chi connectivity index (χ1n) is 3.94. The summed E-state index contributed by atoms with van der Waals surface area (Å²) in [6.45, 7) is 0.356. The molecular weight excluding hydrogens is 164 g/mol. The summed E-state index contributed by atoms with van der Waals surface area (Å²) in [7, 11) is 0. The van der Waals surface area contributed by atoms with Gasteiger partial charge in [0.15, 0.2) is 0 Å². The van der Waals surface area contributed by atoms with Gasteiger partial charge in [-0.25, -0.2) is 0 Å². The van der Waals surface area contributed by atoms with Gasteiger partial charge in [-0.15, -0.1) is 0 Å². The zero-order chi connectivity index (χ0) is 9.84. The van der Waals surface area contributed by atoms with E-state index in [1.165, 1.54) is 0 Å². The molecule has 0 saturated carbocycles. The second-order valence-electron chi connectivity index (χ2n) is 2.80. The second-order valence-corrected chi connectivity index (χ2v) is 2.80. The van der Waals surface area contributed by atoms with E-state index in [0.29, 0.717) is 17.8 Å². The van der Waals surface area contributed by atoms with Crippen LogP contribution in [0.15, 0.2) is 18.2 Å². The number of nitrogens with zero attached hydrogens (tertiary/aromatic N) is 1. The Morgan fingerprint density at radius 2 is 2.15 bits per heavy atom. The van der Waals surface area contributed by atoms with E-state index in [9.17, 15) is 0 Å². The molecule has 13 heavy (non-hydrogen) atoms. The summed E-state index contributed by atoms with van der Waals surface area (Å²) in [4.78, 5) is 0. The minimum Gasteiger partial charge on any atom is -0.398 e. The average molecular weight is 176 g/mol. The highest BCUT2D eigenvalue weighted by Gasteiger charge is 2.05. The number of anilines is 1. The third-order valence-corrected chi connectivity index (χ3v) is 1.88. The number of nitriles is 1. The molecule has 0 unspecified atom stereocenters. The van der Waals surface area contributed by atoms with Crippen LogP contribution in [0.1, 0.15) is 17.2 Å². The molecule has 0 aliphatic rings. The van der Waals surface area contributed by atoms with Gasteiger partial charge in [-0.2, -0.15) is 5.26 Å². The number of nitrogen functional groups attached to an aromatic ring is 1. The average Bonchev–Trinajstić information content (AvgIpc) is 2.17. The van der Waals surface area contributed by atoms with Crippen LogP contribution in [-0.4, -0.2) is 6.54 Å². The SMILES string of the molecule is N#Cc1cc([C@H](N)CN)ccc1N. The zero-order valence-electron chi connectivity index (χ0n) is 7.20. The summed E-state index contributed by atoms with van der Waals surface area (Å²) in [5.41, 5.74) is 18.4. The van der Waals surface area contributed by atoms with E-state index >= 15 is 0 Å². The van der Waals surface area contributed by atoms with Crippen LogP contribution < -0.4 is 17.2 Å². The number of rotatable bonds is 2. The molecule has 0 aliphatic heterocycles. The van der Waals surface area contributed by atoms with E-state index < -0.39 is 0 Å². The first-order valence-corrected chi connectivity index (χ1v) is 3.94. The number of hydrogen-bond donors (Lipinski definition) is 3. The molecule has 4 nitrogen and oxygen atoms in total. The molecule has 0 fully saturated rings. The second kappa shape index (κ2) is 3.90. The maximum Gasteiger partial charge on any atom is 0.101 e. The number of hydrogen-bond acceptors (Lipinski definition) is 4. The molecule has 6 N–H and O–H groups in total. The van der Waals surface area contributed by atoms with E-state index in [1.54, 1.807) is 18.2 Å². The third-order valence-electron chi connectivity index (χ3n) is 1.88. The van der Waals surface area contributed by atoms with Crippen LogP contribution in [0, 0.1) is 11.3 Å². The van der Waals surface area contributed by atoms with Crippen LogP contribution in [0.3, 0.4) is 0 Å². The standard InChI is InChI=1S/C9H12N4/c10-4-7-3-6(9(13)5-11)1-2-8(7)12/h1-3,9H,5,11-13H2/t9-/m1/s1. The lowest BCUT2D eigenvalue weighted by molar-refractivity contribution is 0.737. The van der Waals surface area contributed by atoms with Crippen molar-refractivity contribution in [2.24, 2.45) is 11.5 Å². The molecule has 1 atom stereocenters. The maximum atomic E-state index is 8.70. The van der Waals surface area contributed by atoms with Crippen LogP contribution in [-0.2, 0) is 0 Å². The molecule has 0 spiro atoms. The molecule has 68 valence electrons. The maximum absolute atomic E-state index is 8.70. The normalized spacial score (nSPS) is 12.1. The molecule has 0 amide bonds. The Kier molecular flexibility index (Phi) is 2.85. The van der Waals surface area contributed by atoms with Crippen LogP contribution >= 0.6 is 0 Å². The quantitative estimate of drug-likeness (QED) is 0.556. The van der Waals surface area contributed by atoms with Crippen molar-refractivity contribution in [2.75, 3.05) is 12.3 Å². The summed E-state index contributed by atoms with van der Waals surface area (Å²) in [6.07, 6.45) is 0. The first-order chi connectivity index (χ1) is 6.19. The van der Waals surface area contributed by atoms with E-state index in [4.69, 9.17) is 22.5 Å². The molecule has 0 aromatic heterocycles. The lowest BCUT2D eigenvalue weighted by atomic mass is 10.0. The van der Waals surface area contributed by atoms with Gasteiger partial charge in [0.1, 0.15) is 6.07 Å². The summed E-state index contributed by atoms with van der Waals surface area (Å²) in [5, 5.41) is 8.70. The predicted octanol–water partition coefficient (Wildman–Crippen LogP) is 0.0990.